The van der Waals surface area contributed by atoms with Crippen LogP contribution in [0.4, 0.5) is 5.69 Å². The van der Waals surface area contributed by atoms with Crippen LogP contribution < -0.4 is 4.90 Å². The lowest BCUT2D eigenvalue weighted by Crippen LogP contribution is -2.44. The monoisotopic (exact) mass is 421 g/mol. The molecule has 110 valence electrons. The molecular formula is C14H18Br2ClN3. The minimum absolute atomic E-state index is 0. The van der Waals surface area contributed by atoms with Crippen molar-refractivity contribution in [2.45, 2.75) is 0 Å². The molecule has 1 aromatic carbocycles. The summed E-state index contributed by atoms with van der Waals surface area (Å²) >= 11 is 6.02. The van der Waals surface area contributed by atoms with E-state index in [1.165, 1.54) is 11.1 Å². The lowest BCUT2D eigenvalue weighted by molar-refractivity contribution is 0.313. The zero-order valence-corrected chi connectivity index (χ0v) is 15.4. The molecule has 2 heterocycles. The van der Waals surface area contributed by atoms with Crippen LogP contribution in [0.25, 0.3) is 10.9 Å². The van der Waals surface area contributed by atoms with Crippen molar-refractivity contribution in [1.82, 2.24) is 9.88 Å². The maximum Gasteiger partial charge on any atom is 0.0737 e. The third kappa shape index (κ3) is 3.64. The van der Waals surface area contributed by atoms with E-state index in [1.807, 2.05) is 18.3 Å². The number of piperazine rings is 1. The Kier molecular flexibility index (Phi) is 6.72. The molecule has 1 fully saturated rings. The molecule has 0 saturated carbocycles. The fourth-order valence-corrected chi connectivity index (χ4v) is 2.60. The number of likely N-dealkylation sites (N-methyl/N-ethyl adjacent to an activating group) is 1. The van der Waals surface area contributed by atoms with E-state index in [1.54, 1.807) is 0 Å². The van der Waals surface area contributed by atoms with E-state index in [4.69, 9.17) is 11.6 Å². The van der Waals surface area contributed by atoms with Crippen LogP contribution in [0.1, 0.15) is 0 Å². The van der Waals surface area contributed by atoms with Gasteiger partial charge < -0.3 is 9.80 Å². The quantitative estimate of drug-likeness (QED) is 0.696. The Morgan fingerprint density at radius 3 is 2.45 bits per heavy atom. The summed E-state index contributed by atoms with van der Waals surface area (Å²) in [6.45, 7) is 4.35. The van der Waals surface area contributed by atoms with E-state index >= 15 is 0 Å². The number of pyridine rings is 1. The topological polar surface area (TPSA) is 19.4 Å². The van der Waals surface area contributed by atoms with Crippen molar-refractivity contribution in [1.29, 1.82) is 0 Å². The molecule has 0 aliphatic carbocycles. The third-order valence-electron chi connectivity index (χ3n) is 3.53. The van der Waals surface area contributed by atoms with Gasteiger partial charge >= 0.3 is 0 Å². The molecule has 0 unspecified atom stereocenters. The van der Waals surface area contributed by atoms with Gasteiger partial charge in [-0.1, -0.05) is 11.6 Å². The summed E-state index contributed by atoms with van der Waals surface area (Å²) in [6, 6.07) is 8.03. The van der Waals surface area contributed by atoms with Crippen molar-refractivity contribution in [3.05, 3.63) is 35.5 Å². The van der Waals surface area contributed by atoms with Crippen molar-refractivity contribution < 1.29 is 0 Å². The van der Waals surface area contributed by atoms with Gasteiger partial charge in [-0.25, -0.2) is 0 Å². The smallest absolute Gasteiger partial charge is 0.0737 e. The zero-order chi connectivity index (χ0) is 12.5. The van der Waals surface area contributed by atoms with Gasteiger partial charge in [-0.3, -0.25) is 4.98 Å². The molecule has 1 aliphatic heterocycles. The van der Waals surface area contributed by atoms with Crippen LogP contribution in [0.15, 0.2) is 30.5 Å². The Morgan fingerprint density at radius 2 is 1.75 bits per heavy atom. The SMILES string of the molecule is Br.Br.CN1CCN(c2ccnc3cc(Cl)ccc23)CC1. The van der Waals surface area contributed by atoms with E-state index in [-0.39, 0.29) is 34.0 Å². The standard InChI is InChI=1S/C14H16ClN3.2BrH/c1-17-6-8-18(9-7-17)14-4-5-16-13-10-11(15)2-3-12(13)14;;/h2-5,10H,6-9H2,1H3;2*1H. The van der Waals surface area contributed by atoms with E-state index in [9.17, 15) is 0 Å². The summed E-state index contributed by atoms with van der Waals surface area (Å²) in [4.78, 5) is 9.18. The number of halogens is 3. The number of hydrogen-bond acceptors (Lipinski definition) is 3. The minimum Gasteiger partial charge on any atom is -0.368 e. The molecule has 3 nitrogen and oxygen atoms in total. The second-order valence-corrected chi connectivity index (χ2v) is 5.22. The normalized spacial score (nSPS) is 15.6. The predicted molar refractivity (Wildman–Crippen MR) is 97.1 cm³/mol. The van der Waals surface area contributed by atoms with Gasteiger partial charge in [-0.2, -0.15) is 0 Å². The summed E-state index contributed by atoms with van der Waals surface area (Å²) in [5.41, 5.74) is 2.24. The van der Waals surface area contributed by atoms with Crippen LogP contribution in [-0.4, -0.2) is 43.1 Å². The van der Waals surface area contributed by atoms with Gasteiger partial charge in [0.1, 0.15) is 0 Å². The molecule has 0 N–H and O–H groups in total. The first-order valence-electron chi connectivity index (χ1n) is 6.22. The molecule has 20 heavy (non-hydrogen) atoms. The molecule has 0 spiro atoms. The number of fused-ring (bicyclic) bond motifs is 1. The molecule has 3 rings (SSSR count). The van der Waals surface area contributed by atoms with Crippen LogP contribution in [0.3, 0.4) is 0 Å². The first-order chi connectivity index (χ1) is 8.74. The fraction of sp³-hybridized carbons (Fsp3) is 0.357. The highest BCUT2D eigenvalue weighted by Crippen LogP contribution is 2.27. The third-order valence-corrected chi connectivity index (χ3v) is 3.76. The van der Waals surface area contributed by atoms with E-state index in [0.29, 0.717) is 0 Å². The predicted octanol–water partition coefficient (Wildman–Crippen LogP) is 3.80. The Balaban J connectivity index is 0.000001000. The van der Waals surface area contributed by atoms with Gasteiger partial charge in [0.25, 0.3) is 0 Å². The molecule has 6 heteroatoms. The Labute approximate surface area is 145 Å². The second-order valence-electron chi connectivity index (χ2n) is 4.78. The van der Waals surface area contributed by atoms with Crippen LogP contribution in [0.5, 0.6) is 0 Å². The molecule has 1 aromatic heterocycles. The van der Waals surface area contributed by atoms with Crippen molar-refractivity contribution in [3.63, 3.8) is 0 Å². The summed E-state index contributed by atoms with van der Waals surface area (Å²) in [5, 5.41) is 1.93. The lowest BCUT2D eigenvalue weighted by atomic mass is 10.1. The highest BCUT2D eigenvalue weighted by Gasteiger charge is 2.16. The van der Waals surface area contributed by atoms with Crippen molar-refractivity contribution >= 4 is 62.2 Å². The number of hydrogen-bond donors (Lipinski definition) is 0. The largest absolute Gasteiger partial charge is 0.368 e. The number of rotatable bonds is 1. The highest BCUT2D eigenvalue weighted by atomic mass is 79.9. The number of aromatic nitrogens is 1. The van der Waals surface area contributed by atoms with Gasteiger partial charge in [0.2, 0.25) is 0 Å². The van der Waals surface area contributed by atoms with Gasteiger partial charge in [-0.05, 0) is 31.3 Å². The average molecular weight is 424 g/mol. The molecule has 1 aliphatic rings. The van der Waals surface area contributed by atoms with Crippen molar-refractivity contribution in [3.8, 4) is 0 Å². The van der Waals surface area contributed by atoms with Gasteiger partial charge in [-0.15, -0.1) is 34.0 Å². The van der Waals surface area contributed by atoms with E-state index in [2.05, 4.69) is 34.0 Å². The Morgan fingerprint density at radius 1 is 1.05 bits per heavy atom. The zero-order valence-electron chi connectivity index (χ0n) is 11.3. The Hall–Kier alpha value is -0.360. The van der Waals surface area contributed by atoms with Crippen LogP contribution in [0.2, 0.25) is 5.02 Å². The first kappa shape index (κ1) is 17.7. The van der Waals surface area contributed by atoms with Gasteiger partial charge in [0.05, 0.1) is 5.52 Å². The molecule has 0 radical (unpaired) electrons. The van der Waals surface area contributed by atoms with Crippen LogP contribution in [0, 0.1) is 0 Å². The lowest BCUT2D eigenvalue weighted by Gasteiger charge is -2.34. The van der Waals surface area contributed by atoms with Crippen molar-refractivity contribution in [2.75, 3.05) is 38.1 Å². The molecule has 0 amide bonds. The van der Waals surface area contributed by atoms with Gasteiger partial charge in [0.15, 0.2) is 0 Å². The van der Waals surface area contributed by atoms with E-state index in [0.717, 1.165) is 36.7 Å². The maximum atomic E-state index is 6.02. The average Bonchev–Trinajstić information content (AvgIpc) is 2.38. The molecule has 2 aromatic rings. The van der Waals surface area contributed by atoms with Crippen LogP contribution >= 0.6 is 45.6 Å². The number of anilines is 1. The summed E-state index contributed by atoms with van der Waals surface area (Å²) in [6.07, 6.45) is 1.87. The molecule has 0 atom stereocenters. The summed E-state index contributed by atoms with van der Waals surface area (Å²) < 4.78 is 0. The highest BCUT2D eigenvalue weighted by molar-refractivity contribution is 8.93. The molecule has 1 saturated heterocycles. The first-order valence-corrected chi connectivity index (χ1v) is 6.59. The van der Waals surface area contributed by atoms with Crippen molar-refractivity contribution in [2.24, 2.45) is 0 Å². The Bertz CT molecular complexity index is 571. The summed E-state index contributed by atoms with van der Waals surface area (Å²) in [7, 11) is 2.17. The second kappa shape index (κ2) is 7.59. The van der Waals surface area contributed by atoms with Crippen LogP contribution in [-0.2, 0) is 0 Å². The minimum atomic E-state index is 0. The van der Waals surface area contributed by atoms with E-state index < -0.39 is 0 Å². The maximum absolute atomic E-state index is 6.02. The fourth-order valence-electron chi connectivity index (χ4n) is 2.43. The van der Waals surface area contributed by atoms with Gasteiger partial charge in [0, 0.05) is 48.5 Å². The molecular weight excluding hydrogens is 405 g/mol. The molecule has 0 bridgehead atoms. The number of benzene rings is 1. The number of nitrogens with zero attached hydrogens (tertiary/aromatic N) is 3. The summed E-state index contributed by atoms with van der Waals surface area (Å²) in [5.74, 6) is 0.